The van der Waals surface area contributed by atoms with Crippen molar-refractivity contribution in [2.75, 3.05) is 14.1 Å². The van der Waals surface area contributed by atoms with Crippen LogP contribution in [0.1, 0.15) is 88.2 Å². The van der Waals surface area contributed by atoms with Gasteiger partial charge in [0.1, 0.15) is 18.2 Å². The zero-order valence-electron chi connectivity index (χ0n) is 24.0. The summed E-state index contributed by atoms with van der Waals surface area (Å²) in [5, 5.41) is 0. The Hall–Kier alpha value is -2.66. The maximum Gasteiger partial charge on any atom is 0.364 e. The van der Waals surface area contributed by atoms with Gasteiger partial charge in [0.15, 0.2) is 6.04 Å². The molecule has 202 valence electrons. The second kappa shape index (κ2) is 11.8. The van der Waals surface area contributed by atoms with Crippen LogP contribution in [0, 0.1) is 11.8 Å². The van der Waals surface area contributed by atoms with E-state index < -0.39 is 5.60 Å². The molecule has 5 atom stereocenters. The number of carbonyl (C=O) groups is 2. The van der Waals surface area contributed by atoms with E-state index in [0.717, 1.165) is 18.4 Å². The molecule has 5 heteroatoms. The zero-order valence-corrected chi connectivity index (χ0v) is 24.0. The topological polar surface area (TPSA) is 52.6 Å². The van der Waals surface area contributed by atoms with Crippen LogP contribution in [-0.2, 0) is 20.8 Å². The summed E-state index contributed by atoms with van der Waals surface area (Å²) >= 11 is 0. The molecule has 0 bridgehead atoms. The summed E-state index contributed by atoms with van der Waals surface area (Å²) in [6.45, 7) is 12.7. The molecule has 2 aromatic carbocycles. The fourth-order valence-corrected chi connectivity index (χ4v) is 5.29. The number of likely N-dealkylation sites (N-methyl/N-ethyl adjacent to an activating group) is 1. The number of carbonyl (C=O) groups excluding carboxylic acids is 2. The van der Waals surface area contributed by atoms with Crippen LogP contribution >= 0.6 is 0 Å². The Morgan fingerprint density at radius 2 is 1.59 bits per heavy atom. The first-order valence-electron chi connectivity index (χ1n) is 13.7. The van der Waals surface area contributed by atoms with E-state index in [2.05, 4.69) is 52.2 Å². The minimum absolute atomic E-state index is 0.0676. The van der Waals surface area contributed by atoms with Crippen molar-refractivity contribution in [1.29, 1.82) is 0 Å². The molecule has 0 N–H and O–H groups in total. The lowest BCUT2D eigenvalue weighted by atomic mass is 9.73. The van der Waals surface area contributed by atoms with Crippen molar-refractivity contribution < 1.29 is 23.5 Å². The van der Waals surface area contributed by atoms with Crippen LogP contribution in [0.15, 0.2) is 54.6 Å². The van der Waals surface area contributed by atoms with Gasteiger partial charge in [-0.2, -0.15) is 0 Å². The molecule has 3 rings (SSSR count). The van der Waals surface area contributed by atoms with E-state index in [-0.39, 0.29) is 24.1 Å². The van der Waals surface area contributed by atoms with Crippen molar-refractivity contribution in [2.45, 2.75) is 91.0 Å². The van der Waals surface area contributed by atoms with E-state index in [1.54, 1.807) is 12.1 Å². The molecule has 0 amide bonds. The van der Waals surface area contributed by atoms with E-state index in [0.29, 0.717) is 34.3 Å². The molecule has 2 aromatic rings. The Bertz CT molecular complexity index is 1040. The lowest BCUT2D eigenvalue weighted by Crippen LogP contribution is -2.52. The average molecular weight is 509 g/mol. The van der Waals surface area contributed by atoms with Crippen LogP contribution in [0.5, 0.6) is 0 Å². The van der Waals surface area contributed by atoms with Crippen molar-refractivity contribution in [3.8, 4) is 0 Å². The second-order valence-electron chi connectivity index (χ2n) is 12.6. The predicted octanol–water partition coefficient (Wildman–Crippen LogP) is 6.76. The van der Waals surface area contributed by atoms with E-state index in [9.17, 15) is 9.59 Å². The second-order valence-corrected chi connectivity index (χ2v) is 12.6. The van der Waals surface area contributed by atoms with Crippen molar-refractivity contribution in [3.63, 3.8) is 0 Å². The van der Waals surface area contributed by atoms with Gasteiger partial charge in [-0.3, -0.25) is 0 Å². The summed E-state index contributed by atoms with van der Waals surface area (Å²) in [6.07, 6.45) is 3.10. The normalized spacial score (nSPS) is 22.1. The first-order valence-corrected chi connectivity index (χ1v) is 13.7. The minimum Gasteiger partial charge on any atom is -0.458 e. The highest BCUT2D eigenvalue weighted by atomic mass is 16.6. The van der Waals surface area contributed by atoms with Crippen LogP contribution < -0.4 is 0 Å². The van der Waals surface area contributed by atoms with E-state index in [1.165, 1.54) is 12.0 Å². The van der Waals surface area contributed by atoms with Gasteiger partial charge >= 0.3 is 11.9 Å². The number of ether oxygens (including phenoxy) is 2. The van der Waals surface area contributed by atoms with Gasteiger partial charge in [0.2, 0.25) is 0 Å². The quantitative estimate of drug-likeness (QED) is 0.292. The molecule has 0 saturated heterocycles. The number of quaternary nitrogens is 1. The Kier molecular flexibility index (Phi) is 9.22. The maximum absolute atomic E-state index is 13.4. The highest BCUT2D eigenvalue weighted by Crippen LogP contribution is 2.40. The molecule has 0 heterocycles. The molecule has 1 unspecified atom stereocenters. The van der Waals surface area contributed by atoms with Crippen molar-refractivity contribution in [3.05, 3.63) is 71.3 Å². The van der Waals surface area contributed by atoms with E-state index in [4.69, 9.17) is 9.47 Å². The summed E-state index contributed by atoms with van der Waals surface area (Å²) in [5.41, 5.74) is 2.36. The number of hydrogen-bond acceptors (Lipinski definition) is 4. The summed E-state index contributed by atoms with van der Waals surface area (Å²) < 4.78 is 12.2. The predicted molar refractivity (Wildman–Crippen MR) is 148 cm³/mol. The first-order chi connectivity index (χ1) is 17.3. The Morgan fingerprint density at radius 1 is 0.973 bits per heavy atom. The van der Waals surface area contributed by atoms with Crippen LogP contribution in [0.25, 0.3) is 0 Å². The number of rotatable bonds is 8. The molecule has 5 nitrogen and oxygen atoms in total. The van der Waals surface area contributed by atoms with Gasteiger partial charge in [-0.25, -0.2) is 9.59 Å². The smallest absolute Gasteiger partial charge is 0.364 e. The molecule has 1 aliphatic rings. The standard InChI is InChI=1S/C32H46NO4/c1-22-14-19-28(23(2)26-12-10-9-11-13-26)29(20-22)36-30(34)24(3)33(7,8)21-25-15-17-27(18-16-25)31(35)37-32(4,5)6/h9-13,15-18,22-24,28-29H,14,19-21H2,1-8H3/q+1/t22-,23?,24+,28+,29-/m1/s1. The molecule has 0 spiro atoms. The molecule has 0 aromatic heterocycles. The summed E-state index contributed by atoms with van der Waals surface area (Å²) in [5.74, 6) is 0.752. The molecule has 1 fully saturated rings. The number of esters is 2. The highest BCUT2D eigenvalue weighted by molar-refractivity contribution is 5.89. The Labute approximate surface area is 223 Å². The lowest BCUT2D eigenvalue weighted by molar-refractivity contribution is -0.917. The van der Waals surface area contributed by atoms with Gasteiger partial charge in [0.05, 0.1) is 19.7 Å². The summed E-state index contributed by atoms with van der Waals surface area (Å²) in [7, 11) is 4.11. The molecular formula is C32H46NO4+. The largest absolute Gasteiger partial charge is 0.458 e. The SMILES string of the molecule is CC(c1ccccc1)[C@@H]1CC[C@@H](C)C[C@H]1OC(=O)[C@H](C)[N+](C)(C)Cc1ccc(C(=O)OC(C)(C)C)cc1. The molecule has 1 saturated carbocycles. The minimum atomic E-state index is -0.529. The van der Waals surface area contributed by atoms with Gasteiger partial charge < -0.3 is 14.0 Å². The Morgan fingerprint density at radius 3 is 2.19 bits per heavy atom. The maximum atomic E-state index is 13.4. The third kappa shape index (κ3) is 7.91. The molecule has 1 aliphatic carbocycles. The van der Waals surface area contributed by atoms with Crippen LogP contribution in [0.2, 0.25) is 0 Å². The van der Waals surface area contributed by atoms with Gasteiger partial charge in [-0.05, 0) is 70.1 Å². The molecule has 37 heavy (non-hydrogen) atoms. The third-order valence-electron chi connectivity index (χ3n) is 7.91. The monoisotopic (exact) mass is 508 g/mol. The molecular weight excluding hydrogens is 462 g/mol. The molecule has 0 radical (unpaired) electrons. The Balaban J connectivity index is 1.66. The average Bonchev–Trinajstić information content (AvgIpc) is 2.83. The van der Waals surface area contributed by atoms with Crippen molar-refractivity contribution in [2.24, 2.45) is 11.8 Å². The number of benzene rings is 2. The van der Waals surface area contributed by atoms with Crippen LogP contribution in [0.3, 0.4) is 0 Å². The highest BCUT2D eigenvalue weighted by Gasteiger charge is 2.39. The van der Waals surface area contributed by atoms with E-state index >= 15 is 0 Å². The first kappa shape index (κ1) is 28.9. The zero-order chi connectivity index (χ0) is 27.4. The van der Waals surface area contributed by atoms with Crippen molar-refractivity contribution >= 4 is 11.9 Å². The van der Waals surface area contributed by atoms with Gasteiger partial charge in [-0.15, -0.1) is 0 Å². The van der Waals surface area contributed by atoms with Crippen LogP contribution in [-0.4, -0.2) is 48.3 Å². The van der Waals surface area contributed by atoms with Crippen molar-refractivity contribution in [1.82, 2.24) is 0 Å². The van der Waals surface area contributed by atoms with Gasteiger partial charge in [0, 0.05) is 11.5 Å². The number of hydrogen-bond donors (Lipinski definition) is 0. The lowest BCUT2D eigenvalue weighted by Gasteiger charge is -2.40. The fourth-order valence-electron chi connectivity index (χ4n) is 5.29. The summed E-state index contributed by atoms with van der Waals surface area (Å²) in [4.78, 5) is 25.8. The van der Waals surface area contributed by atoms with Gasteiger partial charge in [0.25, 0.3) is 0 Å². The third-order valence-corrected chi connectivity index (χ3v) is 7.91. The molecule has 0 aliphatic heterocycles. The summed E-state index contributed by atoms with van der Waals surface area (Å²) in [6, 6.07) is 17.7. The number of nitrogens with zero attached hydrogens (tertiary/aromatic N) is 1. The van der Waals surface area contributed by atoms with E-state index in [1.807, 2.05) is 45.9 Å². The fraction of sp³-hybridized carbons (Fsp3) is 0.562. The van der Waals surface area contributed by atoms with Crippen LogP contribution in [0.4, 0.5) is 0 Å². The van der Waals surface area contributed by atoms with Gasteiger partial charge in [-0.1, -0.05) is 62.7 Å².